The molecule has 0 bridgehead atoms. The molecule has 0 spiro atoms. The van der Waals surface area contributed by atoms with E-state index >= 15 is 0 Å². The summed E-state index contributed by atoms with van der Waals surface area (Å²) in [6.45, 7) is -0.422. The molecule has 30 heavy (non-hydrogen) atoms. The summed E-state index contributed by atoms with van der Waals surface area (Å²) in [4.78, 5) is 22.8. The van der Waals surface area contributed by atoms with Crippen molar-refractivity contribution in [1.29, 1.82) is 0 Å². The van der Waals surface area contributed by atoms with Crippen molar-refractivity contribution in [2.45, 2.75) is 57.2 Å². The van der Waals surface area contributed by atoms with Crippen molar-refractivity contribution in [3.05, 3.63) is 59.7 Å². The second-order valence-corrected chi connectivity index (χ2v) is 7.83. The van der Waals surface area contributed by atoms with Crippen LogP contribution in [0.5, 0.6) is 0 Å². The SMILES string of the molecule is O=C(O)CCC/C=C\C[C@H]1C(=O)C[C@@H](O)[C@@H]1/C=C/[C@@H](O)Cc1cccc(CCF)c1. The molecular formula is C24H31FO5. The molecule has 0 saturated heterocycles. The zero-order valence-electron chi connectivity index (χ0n) is 17.1. The van der Waals surface area contributed by atoms with Gasteiger partial charge < -0.3 is 15.3 Å². The molecule has 1 aromatic carbocycles. The summed E-state index contributed by atoms with van der Waals surface area (Å²) in [5.74, 6) is -1.52. The maximum Gasteiger partial charge on any atom is 0.303 e. The van der Waals surface area contributed by atoms with Crippen LogP contribution < -0.4 is 0 Å². The monoisotopic (exact) mass is 418 g/mol. The quantitative estimate of drug-likeness (QED) is 0.357. The number of alkyl halides is 1. The van der Waals surface area contributed by atoms with Gasteiger partial charge in [-0.05, 0) is 30.4 Å². The molecule has 1 aliphatic carbocycles. The number of allylic oxidation sites excluding steroid dienone is 2. The number of carboxylic acids is 1. The van der Waals surface area contributed by atoms with Gasteiger partial charge in [-0.25, -0.2) is 0 Å². The van der Waals surface area contributed by atoms with Crippen LogP contribution in [0.2, 0.25) is 0 Å². The summed E-state index contributed by atoms with van der Waals surface area (Å²) in [6.07, 6.45) is 8.19. The molecule has 6 heteroatoms. The molecule has 164 valence electrons. The van der Waals surface area contributed by atoms with Gasteiger partial charge in [-0.2, -0.15) is 0 Å². The number of benzene rings is 1. The number of halogens is 1. The fraction of sp³-hybridized carbons (Fsp3) is 0.500. The second-order valence-electron chi connectivity index (χ2n) is 7.83. The van der Waals surface area contributed by atoms with Crippen molar-refractivity contribution in [1.82, 2.24) is 0 Å². The summed E-state index contributed by atoms with van der Waals surface area (Å²) < 4.78 is 12.5. The number of Topliss-reactive ketones (excluding diaryl/α,β-unsaturated/α-hetero) is 1. The molecular weight excluding hydrogens is 387 g/mol. The highest BCUT2D eigenvalue weighted by Gasteiger charge is 2.39. The smallest absolute Gasteiger partial charge is 0.303 e. The number of aliphatic hydroxyl groups is 2. The minimum atomic E-state index is -0.824. The van der Waals surface area contributed by atoms with Gasteiger partial charge in [0.2, 0.25) is 0 Å². The van der Waals surface area contributed by atoms with E-state index in [2.05, 4.69) is 0 Å². The Morgan fingerprint density at radius 1 is 1.27 bits per heavy atom. The Labute approximate surface area is 176 Å². The number of hydrogen-bond acceptors (Lipinski definition) is 4. The van der Waals surface area contributed by atoms with Gasteiger partial charge in [-0.1, -0.05) is 48.6 Å². The third-order valence-electron chi connectivity index (χ3n) is 5.43. The van der Waals surface area contributed by atoms with Gasteiger partial charge in [0.25, 0.3) is 0 Å². The molecule has 1 aromatic rings. The number of hydrogen-bond donors (Lipinski definition) is 3. The predicted molar refractivity (Wildman–Crippen MR) is 113 cm³/mol. The summed E-state index contributed by atoms with van der Waals surface area (Å²) in [5, 5.41) is 29.2. The number of aryl methyl sites for hydroxylation is 1. The highest BCUT2D eigenvalue weighted by Crippen LogP contribution is 2.33. The van der Waals surface area contributed by atoms with Crippen molar-refractivity contribution in [3.8, 4) is 0 Å². The number of aliphatic hydroxyl groups excluding tert-OH is 2. The molecule has 4 atom stereocenters. The van der Waals surface area contributed by atoms with E-state index in [1.807, 2.05) is 36.4 Å². The van der Waals surface area contributed by atoms with E-state index < -0.39 is 24.9 Å². The molecule has 0 unspecified atom stereocenters. The lowest BCUT2D eigenvalue weighted by atomic mass is 9.90. The zero-order chi connectivity index (χ0) is 21.9. The Hall–Kier alpha value is -2.31. The summed E-state index contributed by atoms with van der Waals surface area (Å²) in [5.41, 5.74) is 1.79. The van der Waals surface area contributed by atoms with Gasteiger partial charge in [-0.15, -0.1) is 0 Å². The fourth-order valence-corrected chi connectivity index (χ4v) is 3.85. The molecule has 1 aliphatic rings. The Morgan fingerprint density at radius 3 is 2.77 bits per heavy atom. The first-order valence-corrected chi connectivity index (χ1v) is 10.5. The number of rotatable bonds is 12. The minimum Gasteiger partial charge on any atom is -0.481 e. The molecule has 0 amide bonds. The number of carboxylic acid groups (broad SMARTS) is 1. The Morgan fingerprint density at radius 2 is 2.03 bits per heavy atom. The van der Waals surface area contributed by atoms with E-state index in [0.29, 0.717) is 32.1 Å². The standard InChI is InChI=1S/C24H31FO5/c25-13-12-17-6-5-7-18(14-17)15-19(26)10-11-21-20(22(27)16-23(21)28)8-3-1-2-4-9-24(29)30/h1,3,5-7,10-11,14,19-21,23,26,28H,2,4,8-9,12-13,15-16H2,(H,29,30)/b3-1-,11-10+/t19-,20-,21-,23-/m1/s1. The van der Waals surface area contributed by atoms with Gasteiger partial charge in [0, 0.05) is 37.5 Å². The van der Waals surface area contributed by atoms with Crippen LogP contribution in [0.4, 0.5) is 4.39 Å². The van der Waals surface area contributed by atoms with Crippen LogP contribution in [0.1, 0.15) is 43.2 Å². The summed E-state index contributed by atoms with van der Waals surface area (Å²) in [6, 6.07) is 7.45. The van der Waals surface area contributed by atoms with Crippen LogP contribution in [0.25, 0.3) is 0 Å². The highest BCUT2D eigenvalue weighted by molar-refractivity contribution is 5.84. The summed E-state index contributed by atoms with van der Waals surface area (Å²) in [7, 11) is 0. The van der Waals surface area contributed by atoms with Crippen molar-refractivity contribution in [2.75, 3.05) is 6.67 Å². The number of carbonyl (C=O) groups is 2. The Bertz CT molecular complexity index is 758. The van der Waals surface area contributed by atoms with E-state index in [4.69, 9.17) is 5.11 Å². The summed E-state index contributed by atoms with van der Waals surface area (Å²) >= 11 is 0. The molecule has 0 radical (unpaired) electrons. The predicted octanol–water partition coefficient (Wildman–Crippen LogP) is 3.43. The van der Waals surface area contributed by atoms with Crippen LogP contribution in [0.15, 0.2) is 48.6 Å². The van der Waals surface area contributed by atoms with E-state index in [1.165, 1.54) is 0 Å². The first-order chi connectivity index (χ1) is 14.4. The van der Waals surface area contributed by atoms with Crippen molar-refractivity contribution in [3.63, 3.8) is 0 Å². The number of carbonyl (C=O) groups excluding carboxylic acids is 1. The molecule has 3 N–H and O–H groups in total. The molecule has 0 aromatic heterocycles. The van der Waals surface area contributed by atoms with E-state index in [0.717, 1.165) is 11.1 Å². The van der Waals surface area contributed by atoms with Crippen LogP contribution in [0.3, 0.4) is 0 Å². The Balaban J connectivity index is 1.90. The van der Waals surface area contributed by atoms with Crippen LogP contribution in [-0.2, 0) is 22.4 Å². The van der Waals surface area contributed by atoms with Crippen molar-refractivity contribution in [2.24, 2.45) is 11.8 Å². The van der Waals surface area contributed by atoms with Gasteiger partial charge in [0.05, 0.1) is 18.9 Å². The van der Waals surface area contributed by atoms with Crippen LogP contribution in [-0.4, -0.2) is 46.0 Å². The highest BCUT2D eigenvalue weighted by atomic mass is 19.1. The van der Waals surface area contributed by atoms with E-state index in [-0.39, 0.29) is 30.5 Å². The van der Waals surface area contributed by atoms with Gasteiger partial charge in [0.15, 0.2) is 0 Å². The molecule has 0 aliphatic heterocycles. The third-order valence-corrected chi connectivity index (χ3v) is 5.43. The van der Waals surface area contributed by atoms with Crippen molar-refractivity contribution < 1.29 is 29.3 Å². The number of ketones is 1. The largest absolute Gasteiger partial charge is 0.481 e. The number of unbranched alkanes of at least 4 members (excludes halogenated alkanes) is 1. The second kappa shape index (κ2) is 12.4. The van der Waals surface area contributed by atoms with Crippen LogP contribution in [0, 0.1) is 11.8 Å². The van der Waals surface area contributed by atoms with Crippen molar-refractivity contribution >= 4 is 11.8 Å². The fourth-order valence-electron chi connectivity index (χ4n) is 3.85. The lowest BCUT2D eigenvalue weighted by Crippen LogP contribution is -2.19. The average molecular weight is 419 g/mol. The topological polar surface area (TPSA) is 94.8 Å². The molecule has 1 fully saturated rings. The Kier molecular flexibility index (Phi) is 9.91. The normalized spacial score (nSPS) is 22.9. The minimum absolute atomic E-state index is 0.000694. The van der Waals surface area contributed by atoms with E-state index in [9.17, 15) is 24.2 Å². The van der Waals surface area contributed by atoms with Crippen LogP contribution >= 0.6 is 0 Å². The molecule has 0 heterocycles. The van der Waals surface area contributed by atoms with Gasteiger partial charge >= 0.3 is 5.97 Å². The van der Waals surface area contributed by atoms with E-state index in [1.54, 1.807) is 12.2 Å². The number of aliphatic carboxylic acids is 1. The first-order valence-electron chi connectivity index (χ1n) is 10.5. The molecule has 1 saturated carbocycles. The van der Waals surface area contributed by atoms with Gasteiger partial charge in [-0.3, -0.25) is 14.0 Å². The average Bonchev–Trinajstić information content (AvgIpc) is 2.95. The maximum atomic E-state index is 12.5. The zero-order valence-corrected chi connectivity index (χ0v) is 17.1. The molecule has 5 nitrogen and oxygen atoms in total. The first kappa shape index (κ1) is 24.0. The lowest BCUT2D eigenvalue weighted by Gasteiger charge is -2.17. The lowest BCUT2D eigenvalue weighted by molar-refractivity contribution is -0.137. The molecule has 2 rings (SSSR count). The maximum absolute atomic E-state index is 12.5. The third kappa shape index (κ3) is 7.84. The van der Waals surface area contributed by atoms with Gasteiger partial charge in [0.1, 0.15) is 5.78 Å².